The molecule has 0 spiro atoms. The number of hydrogen-bond donors (Lipinski definition) is 0. The van der Waals surface area contributed by atoms with Crippen LogP contribution in [0.25, 0.3) is 16.8 Å². The topological polar surface area (TPSA) is 48.0 Å². The molecule has 3 aromatic rings. The SMILES string of the molecule is FC(F)n1cc(-c2ccc3nncn3c2)cn1. The molecule has 0 amide bonds. The second-order valence-corrected chi connectivity index (χ2v) is 3.50. The second kappa shape index (κ2) is 3.62. The van der Waals surface area contributed by atoms with Crippen molar-refractivity contribution in [2.24, 2.45) is 0 Å². The number of aromatic nitrogens is 5. The lowest BCUT2D eigenvalue weighted by atomic mass is 10.2. The zero-order chi connectivity index (χ0) is 11.8. The Hall–Kier alpha value is -2.31. The Balaban J connectivity index is 2.06. The monoisotopic (exact) mass is 235 g/mol. The van der Waals surface area contributed by atoms with Crippen molar-refractivity contribution in [1.82, 2.24) is 24.4 Å². The maximum Gasteiger partial charge on any atom is 0.333 e. The number of rotatable bonds is 2. The second-order valence-electron chi connectivity index (χ2n) is 3.50. The number of pyridine rings is 1. The van der Waals surface area contributed by atoms with E-state index >= 15 is 0 Å². The van der Waals surface area contributed by atoms with Gasteiger partial charge in [-0.15, -0.1) is 10.2 Å². The first kappa shape index (κ1) is 9.88. The van der Waals surface area contributed by atoms with E-state index < -0.39 is 6.55 Å². The van der Waals surface area contributed by atoms with Crippen LogP contribution >= 0.6 is 0 Å². The van der Waals surface area contributed by atoms with Crippen molar-refractivity contribution < 1.29 is 8.78 Å². The van der Waals surface area contributed by atoms with Gasteiger partial charge in [-0.05, 0) is 12.1 Å². The molecular weight excluding hydrogens is 228 g/mol. The third-order valence-electron chi connectivity index (χ3n) is 2.43. The van der Waals surface area contributed by atoms with Crippen LogP contribution in [0.5, 0.6) is 0 Å². The molecule has 0 N–H and O–H groups in total. The molecule has 7 heteroatoms. The van der Waals surface area contributed by atoms with E-state index in [1.165, 1.54) is 12.4 Å². The van der Waals surface area contributed by atoms with Crippen molar-refractivity contribution in [3.05, 3.63) is 37.1 Å². The van der Waals surface area contributed by atoms with Crippen LogP contribution in [-0.4, -0.2) is 24.4 Å². The van der Waals surface area contributed by atoms with E-state index in [0.29, 0.717) is 15.9 Å². The Morgan fingerprint density at radius 3 is 2.76 bits per heavy atom. The Labute approximate surface area is 94.3 Å². The van der Waals surface area contributed by atoms with Gasteiger partial charge in [-0.3, -0.25) is 4.40 Å². The first-order valence-electron chi connectivity index (χ1n) is 4.86. The van der Waals surface area contributed by atoms with Crippen molar-refractivity contribution in [1.29, 1.82) is 0 Å². The molecule has 0 saturated heterocycles. The molecule has 3 heterocycles. The molecule has 3 rings (SSSR count). The van der Waals surface area contributed by atoms with Gasteiger partial charge in [0.15, 0.2) is 5.65 Å². The van der Waals surface area contributed by atoms with Crippen molar-refractivity contribution in [2.75, 3.05) is 0 Å². The number of halogens is 2. The third-order valence-corrected chi connectivity index (χ3v) is 2.43. The Morgan fingerprint density at radius 1 is 1.12 bits per heavy atom. The lowest BCUT2D eigenvalue weighted by Crippen LogP contribution is -1.96. The fourth-order valence-electron chi connectivity index (χ4n) is 1.59. The molecule has 5 nitrogen and oxygen atoms in total. The molecule has 0 saturated carbocycles. The van der Waals surface area contributed by atoms with Crippen LogP contribution in [0.1, 0.15) is 6.55 Å². The van der Waals surface area contributed by atoms with Gasteiger partial charge in [-0.2, -0.15) is 13.9 Å². The molecule has 86 valence electrons. The van der Waals surface area contributed by atoms with Crippen molar-refractivity contribution >= 4 is 5.65 Å². The smallest absolute Gasteiger partial charge is 0.288 e. The summed E-state index contributed by atoms with van der Waals surface area (Å²) in [7, 11) is 0. The van der Waals surface area contributed by atoms with E-state index in [-0.39, 0.29) is 0 Å². The average molecular weight is 235 g/mol. The number of nitrogens with zero attached hydrogens (tertiary/aromatic N) is 5. The quantitative estimate of drug-likeness (QED) is 0.682. The summed E-state index contributed by atoms with van der Waals surface area (Å²) in [5.74, 6) is 0. The van der Waals surface area contributed by atoms with E-state index in [1.54, 1.807) is 29.1 Å². The zero-order valence-electron chi connectivity index (χ0n) is 8.53. The fourth-order valence-corrected chi connectivity index (χ4v) is 1.59. The number of alkyl halides is 2. The predicted octanol–water partition coefficient (Wildman–Crippen LogP) is 1.99. The minimum atomic E-state index is -2.62. The van der Waals surface area contributed by atoms with Crippen LogP contribution in [0, 0.1) is 0 Å². The van der Waals surface area contributed by atoms with Crippen molar-refractivity contribution in [3.63, 3.8) is 0 Å². The summed E-state index contributed by atoms with van der Waals surface area (Å²) < 4.78 is 27.1. The summed E-state index contributed by atoms with van der Waals surface area (Å²) in [6, 6.07) is 3.55. The molecule has 0 aromatic carbocycles. The van der Waals surface area contributed by atoms with Gasteiger partial charge in [-0.25, -0.2) is 4.68 Å². The number of fused-ring (bicyclic) bond motifs is 1. The Kier molecular flexibility index (Phi) is 2.10. The highest BCUT2D eigenvalue weighted by molar-refractivity contribution is 5.62. The highest BCUT2D eigenvalue weighted by Crippen LogP contribution is 2.20. The minimum Gasteiger partial charge on any atom is -0.288 e. The van der Waals surface area contributed by atoms with Gasteiger partial charge in [0, 0.05) is 23.5 Å². The van der Waals surface area contributed by atoms with Gasteiger partial charge in [0.1, 0.15) is 6.33 Å². The number of hydrogen-bond acceptors (Lipinski definition) is 3. The summed E-state index contributed by atoms with van der Waals surface area (Å²) in [5.41, 5.74) is 2.11. The summed E-state index contributed by atoms with van der Waals surface area (Å²) in [4.78, 5) is 0. The first-order chi connectivity index (χ1) is 8.24. The predicted molar refractivity (Wildman–Crippen MR) is 55.5 cm³/mol. The van der Waals surface area contributed by atoms with Crippen LogP contribution in [0.4, 0.5) is 8.78 Å². The zero-order valence-corrected chi connectivity index (χ0v) is 8.53. The molecule has 3 aromatic heterocycles. The highest BCUT2D eigenvalue weighted by atomic mass is 19.3. The lowest BCUT2D eigenvalue weighted by molar-refractivity contribution is 0.0566. The Bertz CT molecular complexity index is 657. The van der Waals surface area contributed by atoms with E-state index in [1.807, 2.05) is 0 Å². The maximum absolute atomic E-state index is 12.4. The third kappa shape index (κ3) is 1.65. The molecule has 0 aliphatic rings. The van der Waals surface area contributed by atoms with E-state index in [0.717, 1.165) is 5.56 Å². The van der Waals surface area contributed by atoms with E-state index in [9.17, 15) is 8.78 Å². The van der Waals surface area contributed by atoms with Crippen molar-refractivity contribution in [2.45, 2.75) is 6.55 Å². The van der Waals surface area contributed by atoms with Crippen LogP contribution in [-0.2, 0) is 0 Å². The van der Waals surface area contributed by atoms with Crippen LogP contribution < -0.4 is 0 Å². The maximum atomic E-state index is 12.4. The van der Waals surface area contributed by atoms with Gasteiger partial charge in [0.25, 0.3) is 0 Å². The van der Waals surface area contributed by atoms with Gasteiger partial charge < -0.3 is 0 Å². The molecule has 17 heavy (non-hydrogen) atoms. The summed E-state index contributed by atoms with van der Waals surface area (Å²) >= 11 is 0. The molecule has 0 bridgehead atoms. The van der Waals surface area contributed by atoms with Gasteiger partial charge in [0.2, 0.25) is 0 Å². The fraction of sp³-hybridized carbons (Fsp3) is 0.100. The lowest BCUT2D eigenvalue weighted by Gasteiger charge is -1.98. The Morgan fingerprint density at radius 2 is 2.00 bits per heavy atom. The standard InChI is InChI=1S/C10H7F2N5/c11-10(12)17-5-8(3-14-17)7-1-2-9-15-13-6-16(9)4-7/h1-6,10H. The summed E-state index contributed by atoms with van der Waals surface area (Å²) in [5, 5.41) is 11.2. The minimum absolute atomic E-state index is 0.617. The van der Waals surface area contributed by atoms with Gasteiger partial charge >= 0.3 is 6.55 Å². The van der Waals surface area contributed by atoms with Crippen LogP contribution in [0.3, 0.4) is 0 Å². The molecule has 0 unspecified atom stereocenters. The van der Waals surface area contributed by atoms with Crippen LogP contribution in [0.15, 0.2) is 37.1 Å². The molecule has 0 radical (unpaired) electrons. The van der Waals surface area contributed by atoms with Gasteiger partial charge in [0.05, 0.1) is 6.20 Å². The molecule has 0 fully saturated rings. The average Bonchev–Trinajstić information content (AvgIpc) is 2.97. The van der Waals surface area contributed by atoms with Crippen LogP contribution in [0.2, 0.25) is 0 Å². The molecule has 0 atom stereocenters. The largest absolute Gasteiger partial charge is 0.333 e. The molecular formula is C10H7F2N5. The normalized spacial score (nSPS) is 11.5. The molecule has 0 aliphatic carbocycles. The summed E-state index contributed by atoms with van der Waals surface area (Å²) in [6.07, 6.45) is 6.02. The van der Waals surface area contributed by atoms with Crippen molar-refractivity contribution in [3.8, 4) is 11.1 Å². The van der Waals surface area contributed by atoms with E-state index in [4.69, 9.17) is 0 Å². The highest BCUT2D eigenvalue weighted by Gasteiger charge is 2.09. The van der Waals surface area contributed by atoms with Gasteiger partial charge in [-0.1, -0.05) is 0 Å². The molecule has 0 aliphatic heterocycles. The first-order valence-corrected chi connectivity index (χ1v) is 4.86. The summed E-state index contributed by atoms with van der Waals surface area (Å²) in [6.45, 7) is -2.62. The van der Waals surface area contributed by atoms with E-state index in [2.05, 4.69) is 15.3 Å².